The number of hydrogen-bond donors (Lipinski definition) is 1. The maximum absolute atomic E-state index is 12.5. The molecule has 2 heterocycles. The lowest BCUT2D eigenvalue weighted by atomic mass is 9.92. The van der Waals surface area contributed by atoms with Crippen LogP contribution < -0.4 is 5.73 Å². The number of nitrogens with zero attached hydrogens (tertiary/aromatic N) is 1. The molecule has 0 aromatic carbocycles. The van der Waals surface area contributed by atoms with E-state index in [0.29, 0.717) is 17.3 Å². The predicted octanol–water partition coefficient (Wildman–Crippen LogP) is 1.80. The summed E-state index contributed by atoms with van der Waals surface area (Å²) in [6.07, 6.45) is 1.68. The van der Waals surface area contributed by atoms with Gasteiger partial charge in [0, 0.05) is 24.0 Å². The average molecular weight is 288 g/mol. The summed E-state index contributed by atoms with van der Waals surface area (Å²) in [5.41, 5.74) is 6.02. The third-order valence-corrected chi connectivity index (χ3v) is 6.92. The van der Waals surface area contributed by atoms with Crippen LogP contribution in [0.1, 0.15) is 24.6 Å². The second-order valence-corrected chi connectivity index (χ2v) is 8.30. The molecule has 0 bridgehead atoms. The number of hydrogen-bond acceptors (Lipinski definition) is 4. The van der Waals surface area contributed by atoms with Gasteiger partial charge in [-0.15, -0.1) is 11.3 Å². The Morgan fingerprint density at radius 1 is 1.50 bits per heavy atom. The summed E-state index contributed by atoms with van der Waals surface area (Å²) in [5, 5.41) is 0. The van der Waals surface area contributed by atoms with E-state index in [1.807, 2.05) is 13.0 Å². The Bertz CT molecular complexity index is 510. The number of aryl methyl sites for hydroxylation is 1. The molecule has 1 saturated heterocycles. The van der Waals surface area contributed by atoms with Crippen LogP contribution in [0, 0.1) is 12.8 Å². The normalized spacial score (nSPS) is 26.4. The van der Waals surface area contributed by atoms with Crippen molar-refractivity contribution < 1.29 is 8.42 Å². The number of nitrogens with two attached hydrogens (primary N) is 1. The van der Waals surface area contributed by atoms with Gasteiger partial charge in [-0.1, -0.05) is 13.3 Å². The van der Waals surface area contributed by atoms with Gasteiger partial charge in [-0.3, -0.25) is 0 Å². The highest BCUT2D eigenvalue weighted by Crippen LogP contribution is 2.28. The second-order valence-electron chi connectivity index (χ2n) is 4.85. The van der Waals surface area contributed by atoms with Crippen LogP contribution in [0.15, 0.2) is 16.3 Å². The van der Waals surface area contributed by atoms with Crippen LogP contribution in [0.2, 0.25) is 0 Å². The maximum Gasteiger partial charge on any atom is 0.252 e. The maximum atomic E-state index is 12.5. The van der Waals surface area contributed by atoms with E-state index in [0.717, 1.165) is 17.7 Å². The van der Waals surface area contributed by atoms with Crippen molar-refractivity contribution in [1.82, 2.24) is 4.31 Å². The largest absolute Gasteiger partial charge is 0.327 e. The first-order chi connectivity index (χ1) is 8.45. The number of piperidine rings is 1. The molecule has 0 amide bonds. The third kappa shape index (κ3) is 2.61. The minimum atomic E-state index is -3.31. The third-order valence-electron chi connectivity index (χ3n) is 3.59. The summed E-state index contributed by atoms with van der Waals surface area (Å²) in [6, 6.07) is 3.68. The van der Waals surface area contributed by atoms with Gasteiger partial charge in [0.1, 0.15) is 4.21 Å². The molecule has 2 unspecified atom stereocenters. The van der Waals surface area contributed by atoms with Crippen molar-refractivity contribution in [3.05, 3.63) is 17.0 Å². The molecule has 6 heteroatoms. The molecular weight excluding hydrogens is 268 g/mol. The van der Waals surface area contributed by atoms with Crippen LogP contribution in [-0.2, 0) is 10.0 Å². The molecule has 18 heavy (non-hydrogen) atoms. The van der Waals surface area contributed by atoms with Gasteiger partial charge < -0.3 is 5.73 Å². The molecule has 1 aliphatic rings. The summed E-state index contributed by atoms with van der Waals surface area (Å²) in [4.78, 5) is 1.02. The van der Waals surface area contributed by atoms with Gasteiger partial charge in [-0.25, -0.2) is 8.42 Å². The standard InChI is InChI=1S/C12H20N2O2S2/c1-3-10-8-14(7-6-11(10)13)18(15,16)12-5-4-9(2)17-12/h4-5,10-11H,3,6-8,13H2,1-2H3. The zero-order valence-corrected chi connectivity index (χ0v) is 12.4. The Kier molecular flexibility index (Phi) is 4.11. The highest BCUT2D eigenvalue weighted by Gasteiger charge is 2.33. The molecule has 0 aliphatic carbocycles. The van der Waals surface area contributed by atoms with E-state index < -0.39 is 10.0 Å². The van der Waals surface area contributed by atoms with Crippen LogP contribution >= 0.6 is 11.3 Å². The molecule has 1 aromatic heterocycles. The summed E-state index contributed by atoms with van der Waals surface area (Å²) < 4.78 is 27.0. The average Bonchev–Trinajstić information content (AvgIpc) is 2.77. The highest BCUT2D eigenvalue weighted by atomic mass is 32.2. The minimum absolute atomic E-state index is 0.131. The van der Waals surface area contributed by atoms with Crippen molar-refractivity contribution in [2.24, 2.45) is 11.7 Å². The highest BCUT2D eigenvalue weighted by molar-refractivity contribution is 7.91. The van der Waals surface area contributed by atoms with E-state index in [2.05, 4.69) is 6.92 Å². The fraction of sp³-hybridized carbons (Fsp3) is 0.667. The summed E-state index contributed by atoms with van der Waals surface area (Å²) >= 11 is 1.34. The SMILES string of the molecule is CCC1CN(S(=O)(=O)c2ccc(C)s2)CCC1N. The molecule has 4 nitrogen and oxygen atoms in total. The van der Waals surface area contributed by atoms with Gasteiger partial charge in [0.15, 0.2) is 0 Å². The van der Waals surface area contributed by atoms with Crippen molar-refractivity contribution in [3.63, 3.8) is 0 Å². The predicted molar refractivity (Wildman–Crippen MR) is 74.2 cm³/mol. The van der Waals surface area contributed by atoms with Gasteiger partial charge in [0.05, 0.1) is 0 Å². The fourth-order valence-corrected chi connectivity index (χ4v) is 5.29. The molecule has 2 rings (SSSR count). The van der Waals surface area contributed by atoms with Crippen molar-refractivity contribution in [2.75, 3.05) is 13.1 Å². The molecule has 1 fully saturated rings. The van der Waals surface area contributed by atoms with Gasteiger partial charge in [-0.05, 0) is 31.4 Å². The molecule has 2 N–H and O–H groups in total. The Hall–Kier alpha value is -0.430. The lowest BCUT2D eigenvalue weighted by Gasteiger charge is -2.35. The Morgan fingerprint density at radius 2 is 2.22 bits per heavy atom. The molecule has 1 aliphatic heterocycles. The van der Waals surface area contributed by atoms with E-state index in [1.54, 1.807) is 10.4 Å². The van der Waals surface area contributed by atoms with Gasteiger partial charge in [-0.2, -0.15) is 4.31 Å². The Balaban J connectivity index is 2.21. The molecular formula is C12H20N2O2S2. The Labute approximate surface area is 113 Å². The van der Waals surface area contributed by atoms with Crippen LogP contribution in [0.3, 0.4) is 0 Å². The Morgan fingerprint density at radius 3 is 2.78 bits per heavy atom. The van der Waals surface area contributed by atoms with E-state index in [4.69, 9.17) is 5.73 Å². The first-order valence-corrected chi connectivity index (χ1v) is 8.53. The quantitative estimate of drug-likeness (QED) is 0.922. The van der Waals surface area contributed by atoms with Gasteiger partial charge in [0.2, 0.25) is 0 Å². The van der Waals surface area contributed by atoms with Gasteiger partial charge in [0.25, 0.3) is 10.0 Å². The minimum Gasteiger partial charge on any atom is -0.327 e. The van der Waals surface area contributed by atoms with Crippen LogP contribution in [0.25, 0.3) is 0 Å². The zero-order valence-electron chi connectivity index (χ0n) is 10.8. The lowest BCUT2D eigenvalue weighted by Crippen LogP contribution is -2.48. The van der Waals surface area contributed by atoms with Gasteiger partial charge >= 0.3 is 0 Å². The fourth-order valence-electron chi connectivity index (χ4n) is 2.35. The van der Waals surface area contributed by atoms with E-state index in [-0.39, 0.29) is 12.0 Å². The zero-order chi connectivity index (χ0) is 13.3. The monoisotopic (exact) mass is 288 g/mol. The van der Waals surface area contributed by atoms with E-state index in [9.17, 15) is 8.42 Å². The second kappa shape index (κ2) is 5.28. The smallest absolute Gasteiger partial charge is 0.252 e. The van der Waals surface area contributed by atoms with Crippen molar-refractivity contribution in [2.45, 2.75) is 36.9 Å². The molecule has 0 saturated carbocycles. The van der Waals surface area contributed by atoms with Crippen molar-refractivity contribution in [3.8, 4) is 0 Å². The molecule has 0 radical (unpaired) electrons. The number of rotatable bonds is 3. The first kappa shape index (κ1) is 14.0. The topological polar surface area (TPSA) is 63.4 Å². The van der Waals surface area contributed by atoms with Crippen LogP contribution in [0.5, 0.6) is 0 Å². The lowest BCUT2D eigenvalue weighted by molar-refractivity contribution is 0.231. The molecule has 102 valence electrons. The molecule has 0 spiro atoms. The van der Waals surface area contributed by atoms with Crippen LogP contribution in [0.4, 0.5) is 0 Å². The van der Waals surface area contributed by atoms with Crippen molar-refractivity contribution >= 4 is 21.4 Å². The summed E-state index contributed by atoms with van der Waals surface area (Å²) in [5.74, 6) is 0.273. The van der Waals surface area contributed by atoms with E-state index >= 15 is 0 Å². The summed E-state index contributed by atoms with van der Waals surface area (Å²) in [7, 11) is -3.31. The first-order valence-electron chi connectivity index (χ1n) is 6.27. The molecule has 2 atom stereocenters. The van der Waals surface area contributed by atoms with Crippen molar-refractivity contribution in [1.29, 1.82) is 0 Å². The molecule has 1 aromatic rings. The van der Waals surface area contributed by atoms with E-state index in [1.165, 1.54) is 11.3 Å². The summed E-state index contributed by atoms with van der Waals surface area (Å²) in [6.45, 7) is 5.08. The van der Waals surface area contributed by atoms with Crippen LogP contribution in [-0.4, -0.2) is 31.9 Å². The number of sulfonamides is 1. The number of thiophene rings is 1.